The van der Waals surface area contributed by atoms with Crippen molar-refractivity contribution in [2.24, 2.45) is 0 Å². The van der Waals surface area contributed by atoms with Crippen LogP contribution in [0, 0.1) is 5.95 Å². The first-order valence-corrected chi connectivity index (χ1v) is 4.92. The lowest BCUT2D eigenvalue weighted by molar-refractivity contribution is 0.112. The topological polar surface area (TPSA) is 52.1 Å². The summed E-state index contributed by atoms with van der Waals surface area (Å²) in [6.07, 6.45) is 3.53. The van der Waals surface area contributed by atoms with Crippen LogP contribution in [0.1, 0.15) is 15.9 Å². The Kier molecular flexibility index (Phi) is 3.40. The Hall–Kier alpha value is -2.30. The second-order valence-electron chi connectivity index (χ2n) is 3.33. The normalized spacial score (nSPS) is 9.94. The summed E-state index contributed by atoms with van der Waals surface area (Å²) in [5, 5.41) is 0. The largest absolute Gasteiger partial charge is 0.473 e. The molecule has 2 heterocycles. The second-order valence-corrected chi connectivity index (χ2v) is 3.33. The minimum absolute atomic E-state index is 0.251. The number of aromatic nitrogens is 2. The van der Waals surface area contributed by atoms with E-state index in [0.717, 1.165) is 5.56 Å². The lowest BCUT2D eigenvalue weighted by Gasteiger charge is -2.04. The average Bonchev–Trinajstić information content (AvgIpc) is 2.39. The first-order valence-electron chi connectivity index (χ1n) is 4.92. The van der Waals surface area contributed by atoms with E-state index >= 15 is 0 Å². The Morgan fingerprint density at radius 3 is 2.65 bits per heavy atom. The number of ether oxygens (including phenoxy) is 1. The van der Waals surface area contributed by atoms with Gasteiger partial charge in [0, 0.05) is 29.6 Å². The van der Waals surface area contributed by atoms with Crippen LogP contribution >= 0.6 is 0 Å². The summed E-state index contributed by atoms with van der Waals surface area (Å²) < 4.78 is 17.9. The van der Waals surface area contributed by atoms with E-state index in [1.54, 1.807) is 18.2 Å². The quantitative estimate of drug-likeness (QED) is 0.597. The van der Waals surface area contributed by atoms with Gasteiger partial charge in [0.05, 0.1) is 0 Å². The summed E-state index contributed by atoms with van der Waals surface area (Å²) in [5.74, 6) is -0.123. The molecule has 0 aliphatic heterocycles. The SMILES string of the molecule is O=Cc1ccc(OCc2ccc(F)nc2)nc1. The zero-order chi connectivity index (χ0) is 12.1. The van der Waals surface area contributed by atoms with Gasteiger partial charge in [-0.05, 0) is 18.2 Å². The number of carbonyl (C=O) groups is 1. The van der Waals surface area contributed by atoms with Crippen LogP contribution in [0.25, 0.3) is 0 Å². The molecular formula is C12H9FN2O2. The summed E-state index contributed by atoms with van der Waals surface area (Å²) in [6, 6.07) is 6.06. The zero-order valence-corrected chi connectivity index (χ0v) is 8.84. The van der Waals surface area contributed by atoms with Gasteiger partial charge in [-0.25, -0.2) is 9.97 Å². The fourth-order valence-electron chi connectivity index (χ4n) is 1.20. The van der Waals surface area contributed by atoms with Gasteiger partial charge in [0.15, 0.2) is 6.29 Å². The minimum Gasteiger partial charge on any atom is -0.473 e. The van der Waals surface area contributed by atoms with Crippen LogP contribution in [0.5, 0.6) is 5.88 Å². The van der Waals surface area contributed by atoms with Crippen molar-refractivity contribution < 1.29 is 13.9 Å². The number of pyridine rings is 2. The Bertz CT molecular complexity index is 497. The highest BCUT2D eigenvalue weighted by Gasteiger charge is 1.99. The van der Waals surface area contributed by atoms with Crippen LogP contribution in [0.3, 0.4) is 0 Å². The predicted molar refractivity (Wildman–Crippen MR) is 58.2 cm³/mol. The van der Waals surface area contributed by atoms with E-state index in [-0.39, 0.29) is 6.61 Å². The number of hydrogen-bond acceptors (Lipinski definition) is 4. The first kappa shape index (κ1) is 11.2. The highest BCUT2D eigenvalue weighted by atomic mass is 19.1. The standard InChI is InChI=1S/C12H9FN2O2/c13-11-3-1-10(6-14-11)8-17-12-4-2-9(7-16)5-15-12/h1-7H,8H2. The Morgan fingerprint density at radius 2 is 2.06 bits per heavy atom. The van der Waals surface area contributed by atoms with E-state index in [9.17, 15) is 9.18 Å². The zero-order valence-electron chi connectivity index (χ0n) is 8.84. The summed E-state index contributed by atoms with van der Waals surface area (Å²) in [4.78, 5) is 17.8. The number of carbonyl (C=O) groups excluding carboxylic acids is 1. The first-order chi connectivity index (χ1) is 8.28. The van der Waals surface area contributed by atoms with Crippen molar-refractivity contribution in [3.8, 4) is 5.88 Å². The van der Waals surface area contributed by atoms with Crippen LogP contribution in [-0.2, 0) is 6.61 Å². The van der Waals surface area contributed by atoms with Gasteiger partial charge in [0.1, 0.15) is 6.61 Å². The van der Waals surface area contributed by atoms with Crippen molar-refractivity contribution in [3.63, 3.8) is 0 Å². The van der Waals surface area contributed by atoms with Crippen molar-refractivity contribution in [1.29, 1.82) is 0 Å². The molecule has 0 bridgehead atoms. The summed E-state index contributed by atoms with van der Waals surface area (Å²) in [6.45, 7) is 0.251. The van der Waals surface area contributed by atoms with E-state index in [2.05, 4.69) is 9.97 Å². The van der Waals surface area contributed by atoms with E-state index in [1.807, 2.05) is 0 Å². The summed E-state index contributed by atoms with van der Waals surface area (Å²) in [7, 11) is 0. The molecule has 2 aromatic rings. The molecule has 2 rings (SSSR count). The summed E-state index contributed by atoms with van der Waals surface area (Å²) in [5.41, 5.74) is 1.23. The Morgan fingerprint density at radius 1 is 1.18 bits per heavy atom. The van der Waals surface area contributed by atoms with Crippen LogP contribution in [-0.4, -0.2) is 16.3 Å². The van der Waals surface area contributed by atoms with Gasteiger partial charge in [0.2, 0.25) is 11.8 Å². The molecule has 0 unspecified atom stereocenters. The van der Waals surface area contributed by atoms with E-state index in [4.69, 9.17) is 4.74 Å². The fraction of sp³-hybridized carbons (Fsp3) is 0.0833. The summed E-state index contributed by atoms with van der Waals surface area (Å²) >= 11 is 0. The van der Waals surface area contributed by atoms with Crippen LogP contribution < -0.4 is 4.74 Å². The third-order valence-corrected chi connectivity index (χ3v) is 2.07. The Labute approximate surface area is 97.1 Å². The van der Waals surface area contributed by atoms with Crippen LogP contribution in [0.15, 0.2) is 36.7 Å². The number of nitrogens with zero attached hydrogens (tertiary/aromatic N) is 2. The maximum Gasteiger partial charge on any atom is 0.213 e. The van der Waals surface area contributed by atoms with Crippen molar-refractivity contribution >= 4 is 6.29 Å². The molecule has 0 radical (unpaired) electrons. The average molecular weight is 232 g/mol. The van der Waals surface area contributed by atoms with Crippen molar-refractivity contribution in [3.05, 3.63) is 53.7 Å². The molecule has 86 valence electrons. The molecule has 0 aliphatic rings. The highest BCUT2D eigenvalue weighted by molar-refractivity contribution is 5.73. The molecule has 0 aromatic carbocycles. The fourth-order valence-corrected chi connectivity index (χ4v) is 1.20. The van der Waals surface area contributed by atoms with Gasteiger partial charge >= 0.3 is 0 Å². The third kappa shape index (κ3) is 3.07. The van der Waals surface area contributed by atoms with E-state index in [1.165, 1.54) is 18.5 Å². The van der Waals surface area contributed by atoms with Crippen molar-refractivity contribution in [2.45, 2.75) is 6.61 Å². The molecule has 0 spiro atoms. The molecule has 2 aromatic heterocycles. The minimum atomic E-state index is -0.526. The van der Waals surface area contributed by atoms with Gasteiger partial charge in [-0.2, -0.15) is 4.39 Å². The predicted octanol–water partition coefficient (Wildman–Crippen LogP) is 2.01. The van der Waals surface area contributed by atoms with Gasteiger partial charge in [-0.3, -0.25) is 4.79 Å². The molecule has 0 saturated heterocycles. The van der Waals surface area contributed by atoms with Crippen LogP contribution in [0.4, 0.5) is 4.39 Å². The smallest absolute Gasteiger partial charge is 0.213 e. The second kappa shape index (κ2) is 5.16. The van der Waals surface area contributed by atoms with E-state index < -0.39 is 5.95 Å². The number of aldehydes is 1. The lowest BCUT2D eigenvalue weighted by atomic mass is 10.3. The molecule has 0 aliphatic carbocycles. The van der Waals surface area contributed by atoms with Gasteiger partial charge < -0.3 is 4.74 Å². The third-order valence-electron chi connectivity index (χ3n) is 2.07. The number of hydrogen-bond donors (Lipinski definition) is 0. The number of halogens is 1. The molecule has 0 fully saturated rings. The molecule has 0 atom stereocenters. The van der Waals surface area contributed by atoms with Gasteiger partial charge in [-0.15, -0.1) is 0 Å². The van der Waals surface area contributed by atoms with Crippen LogP contribution in [0.2, 0.25) is 0 Å². The molecule has 0 saturated carbocycles. The van der Waals surface area contributed by atoms with Crippen molar-refractivity contribution in [2.75, 3.05) is 0 Å². The molecule has 4 nitrogen and oxygen atoms in total. The lowest BCUT2D eigenvalue weighted by Crippen LogP contribution is -1.98. The molecule has 17 heavy (non-hydrogen) atoms. The van der Waals surface area contributed by atoms with Crippen molar-refractivity contribution in [1.82, 2.24) is 9.97 Å². The number of rotatable bonds is 4. The maximum atomic E-state index is 12.5. The van der Waals surface area contributed by atoms with Gasteiger partial charge in [-0.1, -0.05) is 0 Å². The maximum absolute atomic E-state index is 12.5. The van der Waals surface area contributed by atoms with E-state index in [0.29, 0.717) is 17.7 Å². The molecule has 5 heteroatoms. The van der Waals surface area contributed by atoms with Gasteiger partial charge in [0.25, 0.3) is 0 Å². The molecule has 0 amide bonds. The highest BCUT2D eigenvalue weighted by Crippen LogP contribution is 2.09. The monoisotopic (exact) mass is 232 g/mol. The molecule has 0 N–H and O–H groups in total. The molecular weight excluding hydrogens is 223 g/mol. The Balaban J connectivity index is 1.97.